The van der Waals surface area contributed by atoms with Gasteiger partial charge in [0, 0.05) is 32.6 Å². The summed E-state index contributed by atoms with van der Waals surface area (Å²) >= 11 is 0. The van der Waals surface area contributed by atoms with Gasteiger partial charge in [-0.1, -0.05) is 49.6 Å². The first kappa shape index (κ1) is 22.1. The molecule has 2 aromatic carbocycles. The van der Waals surface area contributed by atoms with Crippen LogP contribution in [0.25, 0.3) is 10.8 Å². The van der Waals surface area contributed by atoms with Crippen LogP contribution in [0.3, 0.4) is 0 Å². The molecular formula is C25H31N3O4. The Kier molecular flexibility index (Phi) is 6.93. The van der Waals surface area contributed by atoms with E-state index in [2.05, 4.69) is 0 Å². The zero-order valence-corrected chi connectivity index (χ0v) is 18.4. The van der Waals surface area contributed by atoms with E-state index in [4.69, 9.17) is 10.5 Å². The van der Waals surface area contributed by atoms with E-state index in [1.165, 1.54) is 19.3 Å². The van der Waals surface area contributed by atoms with Crippen LogP contribution in [-0.4, -0.2) is 53.9 Å². The molecule has 0 unspecified atom stereocenters. The van der Waals surface area contributed by atoms with Gasteiger partial charge < -0.3 is 20.3 Å². The van der Waals surface area contributed by atoms with Gasteiger partial charge in [0.25, 0.3) is 5.91 Å². The molecule has 1 saturated heterocycles. The molecule has 32 heavy (non-hydrogen) atoms. The molecule has 2 aliphatic rings. The third-order valence-electron chi connectivity index (χ3n) is 6.63. The van der Waals surface area contributed by atoms with Crippen LogP contribution in [0, 0.1) is 5.92 Å². The second kappa shape index (κ2) is 10.0. The lowest BCUT2D eigenvalue weighted by Crippen LogP contribution is -2.39. The third-order valence-corrected chi connectivity index (χ3v) is 6.63. The molecule has 1 heterocycles. The summed E-state index contributed by atoms with van der Waals surface area (Å²) in [6.45, 7) is 2.07. The Morgan fingerprint density at radius 2 is 1.59 bits per heavy atom. The summed E-state index contributed by atoms with van der Waals surface area (Å²) in [5.74, 6) is 0.217. The highest BCUT2D eigenvalue weighted by atomic mass is 16.6. The Bertz CT molecular complexity index is 1000. The molecule has 0 aromatic heterocycles. The number of hydrogen-bond donors (Lipinski definition) is 1. The van der Waals surface area contributed by atoms with Gasteiger partial charge in [-0.05, 0) is 42.0 Å². The van der Waals surface area contributed by atoms with E-state index in [0.29, 0.717) is 50.3 Å². The van der Waals surface area contributed by atoms with Gasteiger partial charge in [0.1, 0.15) is 5.75 Å². The van der Waals surface area contributed by atoms with Crippen molar-refractivity contribution in [2.24, 2.45) is 11.7 Å². The monoisotopic (exact) mass is 437 g/mol. The van der Waals surface area contributed by atoms with Crippen molar-refractivity contribution in [2.45, 2.75) is 44.9 Å². The number of fused-ring (bicyclic) bond motifs is 1. The molecule has 2 N–H and O–H groups in total. The molecule has 0 spiro atoms. The highest BCUT2D eigenvalue weighted by Crippen LogP contribution is 2.29. The number of benzene rings is 2. The Morgan fingerprint density at radius 3 is 2.38 bits per heavy atom. The van der Waals surface area contributed by atoms with Crippen molar-refractivity contribution in [1.29, 1.82) is 0 Å². The van der Waals surface area contributed by atoms with Crippen LogP contribution in [0.5, 0.6) is 5.75 Å². The van der Waals surface area contributed by atoms with Crippen LogP contribution in [0.4, 0.5) is 4.79 Å². The van der Waals surface area contributed by atoms with Crippen molar-refractivity contribution < 1.29 is 19.1 Å². The first-order valence-corrected chi connectivity index (χ1v) is 11.6. The fourth-order valence-corrected chi connectivity index (χ4v) is 4.87. The van der Waals surface area contributed by atoms with Crippen molar-refractivity contribution in [2.75, 3.05) is 26.2 Å². The maximum absolute atomic E-state index is 12.9. The smallest absolute Gasteiger partial charge is 0.409 e. The number of rotatable bonds is 4. The van der Waals surface area contributed by atoms with Crippen LogP contribution >= 0.6 is 0 Å². The van der Waals surface area contributed by atoms with E-state index >= 15 is 0 Å². The zero-order valence-electron chi connectivity index (χ0n) is 18.4. The van der Waals surface area contributed by atoms with E-state index in [-0.39, 0.29) is 17.2 Å². The quantitative estimate of drug-likeness (QED) is 0.784. The molecule has 1 aliphatic carbocycles. The van der Waals surface area contributed by atoms with Crippen molar-refractivity contribution in [3.05, 3.63) is 42.0 Å². The predicted molar refractivity (Wildman–Crippen MR) is 122 cm³/mol. The largest absolute Gasteiger partial charge is 0.415 e. The second-order valence-electron chi connectivity index (χ2n) is 8.82. The summed E-state index contributed by atoms with van der Waals surface area (Å²) in [4.78, 5) is 41.2. The Labute approximate surface area is 188 Å². The molecule has 1 saturated carbocycles. The minimum Gasteiger partial charge on any atom is -0.409 e. The highest BCUT2D eigenvalue weighted by molar-refractivity contribution is 6.09. The third kappa shape index (κ3) is 5.03. The highest BCUT2D eigenvalue weighted by Gasteiger charge is 2.26. The maximum Gasteiger partial charge on any atom is 0.415 e. The van der Waals surface area contributed by atoms with Gasteiger partial charge in [-0.15, -0.1) is 0 Å². The van der Waals surface area contributed by atoms with Gasteiger partial charge in [0.05, 0.1) is 5.56 Å². The Hall–Kier alpha value is -3.09. The number of primary amides is 1. The Morgan fingerprint density at radius 1 is 0.875 bits per heavy atom. The summed E-state index contributed by atoms with van der Waals surface area (Å²) in [7, 11) is 0. The van der Waals surface area contributed by atoms with E-state index in [1.54, 1.807) is 23.1 Å². The maximum atomic E-state index is 12.9. The molecule has 2 aromatic rings. The standard InChI is InChI=1S/C25H31N3O4/c26-24(30)23-20-10-5-4-9-19(20)11-12-21(23)32-25(31)28-14-6-13-27(15-16-28)22(29)17-18-7-2-1-3-8-18/h4-5,9-12,18H,1-3,6-8,13-17H2,(H2,26,30). The van der Waals surface area contributed by atoms with Crippen molar-refractivity contribution in [1.82, 2.24) is 9.80 Å². The van der Waals surface area contributed by atoms with Gasteiger partial charge in [-0.2, -0.15) is 0 Å². The van der Waals surface area contributed by atoms with Crippen LogP contribution in [0.1, 0.15) is 55.3 Å². The van der Waals surface area contributed by atoms with Gasteiger partial charge in [-0.25, -0.2) is 4.79 Å². The lowest BCUT2D eigenvalue weighted by Gasteiger charge is -2.26. The number of nitrogens with two attached hydrogens (primary N) is 1. The Balaban J connectivity index is 1.40. The minimum atomic E-state index is -0.639. The fourth-order valence-electron chi connectivity index (χ4n) is 4.87. The van der Waals surface area contributed by atoms with Crippen LogP contribution < -0.4 is 10.5 Å². The molecule has 170 valence electrons. The van der Waals surface area contributed by atoms with Gasteiger partial charge in [0.15, 0.2) is 0 Å². The lowest BCUT2D eigenvalue weighted by atomic mass is 9.86. The molecule has 2 fully saturated rings. The second-order valence-corrected chi connectivity index (χ2v) is 8.82. The predicted octanol–water partition coefficient (Wildman–Crippen LogP) is 3.94. The SMILES string of the molecule is NC(=O)c1c(OC(=O)N2CCCN(C(=O)CC3CCCCC3)CC2)ccc2ccccc12. The summed E-state index contributed by atoms with van der Waals surface area (Å²) in [5.41, 5.74) is 5.80. The molecule has 0 atom stereocenters. The summed E-state index contributed by atoms with van der Waals surface area (Å²) < 4.78 is 5.61. The number of carbonyl (C=O) groups is 3. The number of hydrogen-bond acceptors (Lipinski definition) is 4. The zero-order chi connectivity index (χ0) is 22.5. The fraction of sp³-hybridized carbons (Fsp3) is 0.480. The number of ether oxygens (including phenoxy) is 1. The number of amides is 3. The molecule has 0 bridgehead atoms. The molecule has 1 aliphatic heterocycles. The van der Waals surface area contributed by atoms with Crippen LogP contribution in [0.2, 0.25) is 0 Å². The molecule has 3 amide bonds. The lowest BCUT2D eigenvalue weighted by molar-refractivity contribution is -0.132. The average molecular weight is 438 g/mol. The van der Waals surface area contributed by atoms with Crippen LogP contribution in [-0.2, 0) is 4.79 Å². The van der Waals surface area contributed by atoms with E-state index in [9.17, 15) is 14.4 Å². The first-order valence-electron chi connectivity index (χ1n) is 11.6. The van der Waals surface area contributed by atoms with Gasteiger partial charge in [-0.3, -0.25) is 9.59 Å². The van der Waals surface area contributed by atoms with E-state index in [0.717, 1.165) is 18.2 Å². The molecular weight excluding hydrogens is 406 g/mol. The number of nitrogens with zero attached hydrogens (tertiary/aromatic N) is 2. The van der Waals surface area contributed by atoms with Gasteiger partial charge >= 0.3 is 6.09 Å². The molecule has 7 heteroatoms. The molecule has 7 nitrogen and oxygen atoms in total. The summed E-state index contributed by atoms with van der Waals surface area (Å²) in [5, 5.41) is 1.50. The topological polar surface area (TPSA) is 92.9 Å². The first-order chi connectivity index (χ1) is 15.5. The van der Waals surface area contributed by atoms with E-state index < -0.39 is 12.0 Å². The van der Waals surface area contributed by atoms with Crippen LogP contribution in [0.15, 0.2) is 36.4 Å². The molecule has 4 rings (SSSR count). The van der Waals surface area contributed by atoms with E-state index in [1.807, 2.05) is 23.1 Å². The number of carbonyl (C=O) groups excluding carboxylic acids is 3. The van der Waals surface area contributed by atoms with Crippen molar-refractivity contribution in [3.63, 3.8) is 0 Å². The van der Waals surface area contributed by atoms with Gasteiger partial charge in [0.2, 0.25) is 5.91 Å². The summed E-state index contributed by atoms with van der Waals surface area (Å²) in [6, 6.07) is 10.8. The normalized spacial score (nSPS) is 17.8. The molecule has 0 radical (unpaired) electrons. The minimum absolute atomic E-state index is 0.163. The average Bonchev–Trinajstić information content (AvgIpc) is 3.06. The van der Waals surface area contributed by atoms with Crippen molar-refractivity contribution >= 4 is 28.7 Å². The van der Waals surface area contributed by atoms with Crippen molar-refractivity contribution in [3.8, 4) is 5.75 Å². The summed E-state index contributed by atoms with van der Waals surface area (Å²) in [6.07, 6.45) is 6.80.